The Morgan fingerprint density at radius 2 is 2.12 bits per heavy atom. The number of carbonyl (C=O) groups excluding carboxylic acids is 1. The van der Waals surface area contributed by atoms with Crippen molar-refractivity contribution in [2.75, 3.05) is 5.32 Å². The van der Waals surface area contributed by atoms with Crippen LogP contribution in [0, 0.1) is 13.8 Å². The van der Waals surface area contributed by atoms with Crippen LogP contribution in [0.5, 0.6) is 0 Å². The number of H-pyrrole nitrogens is 1. The van der Waals surface area contributed by atoms with E-state index in [2.05, 4.69) is 57.5 Å². The van der Waals surface area contributed by atoms with Gasteiger partial charge < -0.3 is 5.32 Å². The van der Waals surface area contributed by atoms with Crippen molar-refractivity contribution in [3.8, 4) is 0 Å². The summed E-state index contributed by atoms with van der Waals surface area (Å²) < 4.78 is 0. The number of hydrogen-bond acceptors (Lipinski definition) is 5. The molecule has 0 saturated carbocycles. The number of thiazole rings is 1. The highest BCUT2D eigenvalue weighted by molar-refractivity contribution is 7.15. The topological polar surface area (TPSA) is 83.6 Å². The first-order valence-electron chi connectivity index (χ1n) is 7.75. The fraction of sp³-hybridized carbons (Fsp3) is 0.294. The van der Waals surface area contributed by atoms with Crippen LogP contribution in [-0.4, -0.2) is 26.1 Å². The summed E-state index contributed by atoms with van der Waals surface area (Å²) in [5.74, 6) is 0.637. The normalized spacial score (nSPS) is 10.8. The van der Waals surface area contributed by atoms with Gasteiger partial charge in [-0.25, -0.2) is 9.97 Å². The minimum Gasteiger partial charge on any atom is -0.302 e. The number of nitrogens with zero attached hydrogens (tertiary/aromatic N) is 3. The van der Waals surface area contributed by atoms with E-state index in [1.54, 1.807) is 0 Å². The van der Waals surface area contributed by atoms with E-state index in [1.807, 2.05) is 6.20 Å². The van der Waals surface area contributed by atoms with Crippen molar-refractivity contribution in [3.05, 3.63) is 58.1 Å². The van der Waals surface area contributed by atoms with Crippen LogP contribution in [0.1, 0.15) is 33.8 Å². The zero-order valence-electron chi connectivity index (χ0n) is 13.7. The van der Waals surface area contributed by atoms with Gasteiger partial charge in [-0.05, 0) is 30.5 Å². The zero-order chi connectivity index (χ0) is 16.9. The molecule has 0 aliphatic heterocycles. The first-order valence-corrected chi connectivity index (χ1v) is 8.57. The Labute approximate surface area is 144 Å². The highest BCUT2D eigenvalue weighted by Gasteiger charge is 2.09. The van der Waals surface area contributed by atoms with Gasteiger partial charge in [0, 0.05) is 30.3 Å². The van der Waals surface area contributed by atoms with E-state index in [-0.39, 0.29) is 5.91 Å². The number of aromatic nitrogens is 4. The van der Waals surface area contributed by atoms with Crippen LogP contribution in [0.2, 0.25) is 0 Å². The molecule has 0 unspecified atom stereocenters. The minimum absolute atomic E-state index is 0.0709. The second kappa shape index (κ2) is 7.35. The highest BCUT2D eigenvalue weighted by atomic mass is 32.1. The molecule has 0 saturated heterocycles. The van der Waals surface area contributed by atoms with Crippen LogP contribution in [0.25, 0.3) is 0 Å². The van der Waals surface area contributed by atoms with Gasteiger partial charge >= 0.3 is 0 Å². The summed E-state index contributed by atoms with van der Waals surface area (Å²) in [6, 6.07) is 6.47. The van der Waals surface area contributed by atoms with Crippen LogP contribution >= 0.6 is 11.3 Å². The van der Waals surface area contributed by atoms with E-state index in [1.165, 1.54) is 34.4 Å². The predicted octanol–water partition coefficient (Wildman–Crippen LogP) is 3.04. The summed E-state index contributed by atoms with van der Waals surface area (Å²) in [5.41, 5.74) is 3.84. The molecule has 2 N–H and O–H groups in total. The molecule has 3 aromatic rings. The number of hydrogen-bond donors (Lipinski definition) is 2. The van der Waals surface area contributed by atoms with E-state index in [4.69, 9.17) is 0 Å². The number of rotatable bonds is 6. The summed E-state index contributed by atoms with van der Waals surface area (Å²) in [5, 5.41) is 9.98. The molecular formula is C17H19N5OS. The Kier molecular flexibility index (Phi) is 5.00. The monoisotopic (exact) mass is 341 g/mol. The van der Waals surface area contributed by atoms with Gasteiger partial charge in [-0.1, -0.05) is 18.2 Å². The molecule has 2 aromatic heterocycles. The van der Waals surface area contributed by atoms with Gasteiger partial charge in [0.1, 0.15) is 12.2 Å². The molecule has 1 aromatic carbocycles. The van der Waals surface area contributed by atoms with E-state index in [0.29, 0.717) is 23.8 Å². The smallest absolute Gasteiger partial charge is 0.226 e. The van der Waals surface area contributed by atoms with Crippen molar-refractivity contribution < 1.29 is 4.79 Å². The maximum absolute atomic E-state index is 12.0. The Morgan fingerprint density at radius 1 is 1.25 bits per heavy atom. The van der Waals surface area contributed by atoms with Crippen molar-refractivity contribution in [3.63, 3.8) is 0 Å². The van der Waals surface area contributed by atoms with Crippen LogP contribution in [-0.2, 0) is 17.6 Å². The van der Waals surface area contributed by atoms with Crippen molar-refractivity contribution in [1.82, 2.24) is 20.2 Å². The third-order valence-electron chi connectivity index (χ3n) is 3.80. The van der Waals surface area contributed by atoms with Crippen LogP contribution < -0.4 is 5.32 Å². The second-order valence-electron chi connectivity index (χ2n) is 5.71. The Hall–Kier alpha value is -2.54. The van der Waals surface area contributed by atoms with Crippen molar-refractivity contribution in [2.24, 2.45) is 0 Å². The molecule has 7 heteroatoms. The molecule has 1 amide bonds. The number of aryl methyl sites for hydroxylation is 3. The lowest BCUT2D eigenvalue weighted by Crippen LogP contribution is -2.12. The van der Waals surface area contributed by atoms with Gasteiger partial charge in [-0.15, -0.1) is 11.3 Å². The molecule has 0 aliphatic carbocycles. The Bertz CT molecular complexity index is 825. The quantitative estimate of drug-likeness (QED) is 0.722. The van der Waals surface area contributed by atoms with Gasteiger partial charge in [-0.3, -0.25) is 9.89 Å². The largest absolute Gasteiger partial charge is 0.302 e. The molecule has 24 heavy (non-hydrogen) atoms. The summed E-state index contributed by atoms with van der Waals surface area (Å²) in [4.78, 5) is 21.4. The van der Waals surface area contributed by atoms with Gasteiger partial charge in [0.25, 0.3) is 0 Å². The molecule has 0 bridgehead atoms. The summed E-state index contributed by atoms with van der Waals surface area (Å²) >= 11 is 1.51. The Balaban J connectivity index is 1.54. The standard InChI is InChI=1S/C17H19N5OS/c1-11-3-4-13(7-12(11)2)8-14-9-18-17(24-14)21-16(23)6-5-15-19-10-20-22-15/h3-4,7,9-10H,5-6,8H2,1-2H3,(H,18,21,23)(H,19,20,22). The summed E-state index contributed by atoms with van der Waals surface area (Å²) in [6.07, 6.45) is 4.97. The Morgan fingerprint density at radius 3 is 2.88 bits per heavy atom. The van der Waals surface area contributed by atoms with Gasteiger partial charge in [0.05, 0.1) is 0 Å². The summed E-state index contributed by atoms with van der Waals surface area (Å²) in [7, 11) is 0. The zero-order valence-corrected chi connectivity index (χ0v) is 14.5. The molecule has 0 radical (unpaired) electrons. The lowest BCUT2D eigenvalue weighted by atomic mass is 10.0. The molecule has 0 aliphatic rings. The molecule has 0 spiro atoms. The fourth-order valence-electron chi connectivity index (χ4n) is 2.33. The predicted molar refractivity (Wildman–Crippen MR) is 94.2 cm³/mol. The molecule has 0 fully saturated rings. The number of carbonyl (C=O) groups is 1. The van der Waals surface area contributed by atoms with E-state index < -0.39 is 0 Å². The van der Waals surface area contributed by atoms with Gasteiger partial charge in [0.2, 0.25) is 5.91 Å². The van der Waals surface area contributed by atoms with E-state index >= 15 is 0 Å². The van der Waals surface area contributed by atoms with Crippen molar-refractivity contribution in [1.29, 1.82) is 0 Å². The number of aromatic amines is 1. The maximum Gasteiger partial charge on any atom is 0.226 e. The first-order chi connectivity index (χ1) is 11.6. The number of anilines is 1. The van der Waals surface area contributed by atoms with Crippen molar-refractivity contribution in [2.45, 2.75) is 33.1 Å². The maximum atomic E-state index is 12.0. The molecule has 124 valence electrons. The average Bonchev–Trinajstić information content (AvgIpc) is 3.21. The van der Waals surface area contributed by atoms with Gasteiger partial charge in [0.15, 0.2) is 5.13 Å². The fourth-order valence-corrected chi connectivity index (χ4v) is 3.19. The molecule has 2 heterocycles. The third-order valence-corrected chi connectivity index (χ3v) is 4.72. The lowest BCUT2D eigenvalue weighted by molar-refractivity contribution is -0.116. The van der Waals surface area contributed by atoms with Crippen LogP contribution in [0.4, 0.5) is 5.13 Å². The van der Waals surface area contributed by atoms with Crippen molar-refractivity contribution >= 4 is 22.4 Å². The van der Waals surface area contributed by atoms with E-state index in [9.17, 15) is 4.79 Å². The number of amides is 1. The van der Waals surface area contributed by atoms with Crippen LogP contribution in [0.3, 0.4) is 0 Å². The molecular weight excluding hydrogens is 322 g/mol. The number of benzene rings is 1. The molecule has 0 atom stereocenters. The minimum atomic E-state index is -0.0709. The number of nitrogens with one attached hydrogen (secondary N) is 2. The van der Waals surface area contributed by atoms with Crippen LogP contribution in [0.15, 0.2) is 30.7 Å². The molecule has 6 nitrogen and oxygen atoms in total. The lowest BCUT2D eigenvalue weighted by Gasteiger charge is -2.03. The summed E-state index contributed by atoms with van der Waals surface area (Å²) in [6.45, 7) is 4.23. The molecule has 3 rings (SSSR count). The third kappa shape index (κ3) is 4.26. The SMILES string of the molecule is Cc1ccc(Cc2cnc(NC(=O)CCc3ncn[nH]3)s2)cc1C. The first kappa shape index (κ1) is 16.3. The average molecular weight is 341 g/mol. The van der Waals surface area contributed by atoms with E-state index in [0.717, 1.165) is 11.3 Å². The highest BCUT2D eigenvalue weighted by Crippen LogP contribution is 2.22. The van der Waals surface area contributed by atoms with Gasteiger partial charge in [-0.2, -0.15) is 5.10 Å². The second-order valence-corrected chi connectivity index (χ2v) is 6.82.